The second kappa shape index (κ2) is 9.79. The van der Waals surface area contributed by atoms with E-state index in [1.807, 2.05) is 6.07 Å². The number of hydrogen-bond acceptors (Lipinski definition) is 6. The normalized spacial score (nSPS) is 15.6. The topological polar surface area (TPSA) is 99.8 Å². The highest BCUT2D eigenvalue weighted by Crippen LogP contribution is 2.35. The van der Waals surface area contributed by atoms with Crippen molar-refractivity contribution >= 4 is 46.1 Å². The number of benzene rings is 2. The molecule has 182 valence electrons. The highest BCUT2D eigenvalue weighted by molar-refractivity contribution is 6.31. The third-order valence-electron chi connectivity index (χ3n) is 6.62. The smallest absolute Gasteiger partial charge is 0.261 e. The second-order valence-corrected chi connectivity index (χ2v) is 9.46. The van der Waals surface area contributed by atoms with Gasteiger partial charge in [0.2, 0.25) is 0 Å². The number of aliphatic hydroxyl groups excluding tert-OH is 1. The Bertz CT molecular complexity index is 1310. The highest BCUT2D eigenvalue weighted by atomic mass is 35.5. The molecule has 2 N–H and O–H groups in total. The molecule has 2 heterocycles. The van der Waals surface area contributed by atoms with Crippen molar-refractivity contribution in [2.45, 2.75) is 45.6 Å². The number of anilines is 1. The maximum absolute atomic E-state index is 12.9. The Morgan fingerprint density at radius 1 is 1.20 bits per heavy atom. The van der Waals surface area contributed by atoms with Gasteiger partial charge in [0.15, 0.2) is 5.15 Å². The molecule has 2 aliphatic rings. The first-order valence-electron chi connectivity index (χ1n) is 12.1. The number of hydrazone groups is 1. The predicted octanol–water partition coefficient (Wildman–Crippen LogP) is 4.48. The van der Waals surface area contributed by atoms with Gasteiger partial charge in [-0.3, -0.25) is 19.9 Å². The summed E-state index contributed by atoms with van der Waals surface area (Å²) in [5.74, 6) is 0.856. The summed E-state index contributed by atoms with van der Waals surface area (Å²) >= 11 is 6.50. The van der Waals surface area contributed by atoms with Crippen LogP contribution in [0.4, 0.5) is 5.69 Å². The van der Waals surface area contributed by atoms with Crippen LogP contribution in [0.15, 0.2) is 35.4 Å². The van der Waals surface area contributed by atoms with Crippen LogP contribution in [-0.4, -0.2) is 50.7 Å². The number of imide groups is 1. The van der Waals surface area contributed by atoms with Crippen LogP contribution < -0.4 is 5.43 Å². The number of halogens is 1. The van der Waals surface area contributed by atoms with E-state index in [0.29, 0.717) is 33.3 Å². The minimum atomic E-state index is -0.404. The number of aromatic nitrogens is 2. The van der Waals surface area contributed by atoms with E-state index in [1.165, 1.54) is 12.8 Å². The summed E-state index contributed by atoms with van der Waals surface area (Å²) in [5, 5.41) is 15.5. The number of nitrogens with one attached hydrogen (secondary N) is 1. The molecule has 1 aromatic heterocycles. The molecular formula is C26H28ClN5O3. The lowest BCUT2D eigenvalue weighted by molar-refractivity contribution is 0.0580. The standard InChI is InChI=1S/C26H28ClN5O3/c1-2-3-7-22-29-24(27)21(32(22)15-16-8-9-16)14-28-30-20-11-10-19-23-17(20)5-4-6-18(23)25(34)31(12-13-33)26(19)35/h4-6,10-11,14,16,30,33H,2-3,7-9,12-13,15H2,1H3/b28-14+. The van der Waals surface area contributed by atoms with E-state index in [9.17, 15) is 14.7 Å². The monoisotopic (exact) mass is 493 g/mol. The molecule has 35 heavy (non-hydrogen) atoms. The number of β-amino-alcohol motifs (C(OH)–C–C–N with tert-alkyl or cyclic N) is 1. The molecule has 2 amide bonds. The van der Waals surface area contributed by atoms with E-state index in [0.717, 1.165) is 47.6 Å². The molecule has 3 aromatic rings. The Morgan fingerprint density at radius 3 is 2.69 bits per heavy atom. The zero-order chi connectivity index (χ0) is 24.5. The van der Waals surface area contributed by atoms with Crippen molar-refractivity contribution in [2.24, 2.45) is 11.0 Å². The fourth-order valence-electron chi connectivity index (χ4n) is 4.60. The van der Waals surface area contributed by atoms with Gasteiger partial charge in [-0.1, -0.05) is 37.1 Å². The fourth-order valence-corrected chi connectivity index (χ4v) is 4.85. The number of amides is 2. The molecule has 0 saturated heterocycles. The third-order valence-corrected chi connectivity index (χ3v) is 6.90. The number of aryl methyl sites for hydroxylation is 1. The minimum absolute atomic E-state index is 0.0344. The molecular weight excluding hydrogens is 466 g/mol. The van der Waals surface area contributed by atoms with Gasteiger partial charge >= 0.3 is 0 Å². The molecule has 8 nitrogen and oxygen atoms in total. The van der Waals surface area contributed by atoms with E-state index >= 15 is 0 Å². The molecule has 0 radical (unpaired) electrons. The third kappa shape index (κ3) is 4.44. The van der Waals surface area contributed by atoms with Crippen molar-refractivity contribution in [2.75, 3.05) is 18.6 Å². The van der Waals surface area contributed by atoms with Gasteiger partial charge in [0.05, 0.1) is 25.1 Å². The number of imidazole rings is 1. The van der Waals surface area contributed by atoms with Crippen LogP contribution in [0.25, 0.3) is 10.8 Å². The van der Waals surface area contributed by atoms with E-state index in [1.54, 1.807) is 30.5 Å². The lowest BCUT2D eigenvalue weighted by Gasteiger charge is -2.27. The van der Waals surface area contributed by atoms with Crippen molar-refractivity contribution < 1.29 is 14.7 Å². The number of nitrogens with zero attached hydrogens (tertiary/aromatic N) is 4. The Morgan fingerprint density at radius 2 is 1.97 bits per heavy atom. The summed E-state index contributed by atoms with van der Waals surface area (Å²) in [6, 6.07) is 8.81. The first-order chi connectivity index (χ1) is 17.0. The maximum Gasteiger partial charge on any atom is 0.261 e. The van der Waals surface area contributed by atoms with Crippen LogP contribution in [0, 0.1) is 5.92 Å². The molecule has 1 saturated carbocycles. The minimum Gasteiger partial charge on any atom is -0.395 e. The number of hydrogen-bond donors (Lipinski definition) is 2. The SMILES string of the molecule is CCCCc1nc(Cl)c(/C=N/Nc2ccc3c4c(cccc24)C(=O)N(CCO)C3=O)n1CC1CC1. The number of unbranched alkanes of at least 4 members (excludes halogenated alkanes) is 1. The number of carbonyl (C=O) groups excluding carboxylic acids is 2. The average molecular weight is 494 g/mol. The summed E-state index contributed by atoms with van der Waals surface area (Å²) in [7, 11) is 0. The summed E-state index contributed by atoms with van der Waals surface area (Å²) in [4.78, 5) is 31.4. The van der Waals surface area contributed by atoms with Crippen molar-refractivity contribution in [3.63, 3.8) is 0 Å². The van der Waals surface area contributed by atoms with Crippen molar-refractivity contribution in [3.8, 4) is 0 Å². The Balaban J connectivity index is 1.46. The Labute approximate surface area is 208 Å². The molecule has 1 aliphatic carbocycles. The predicted molar refractivity (Wildman–Crippen MR) is 136 cm³/mol. The Kier molecular flexibility index (Phi) is 6.58. The van der Waals surface area contributed by atoms with Gasteiger partial charge in [0.1, 0.15) is 11.5 Å². The lowest BCUT2D eigenvalue weighted by atomic mass is 9.93. The van der Waals surface area contributed by atoms with Crippen LogP contribution in [0.5, 0.6) is 0 Å². The van der Waals surface area contributed by atoms with Gasteiger partial charge in [-0.2, -0.15) is 5.10 Å². The Hall–Kier alpha value is -3.23. The molecule has 5 rings (SSSR count). The van der Waals surface area contributed by atoms with Crippen molar-refractivity contribution in [1.29, 1.82) is 0 Å². The first-order valence-corrected chi connectivity index (χ1v) is 12.5. The zero-order valence-electron chi connectivity index (χ0n) is 19.6. The number of rotatable bonds is 10. The molecule has 9 heteroatoms. The summed E-state index contributed by atoms with van der Waals surface area (Å²) in [6.45, 7) is 2.74. The van der Waals surface area contributed by atoms with Gasteiger partial charge in [-0.15, -0.1) is 0 Å². The largest absolute Gasteiger partial charge is 0.395 e. The molecule has 0 unspecified atom stereocenters. The van der Waals surface area contributed by atoms with Gasteiger partial charge in [0, 0.05) is 34.9 Å². The summed E-state index contributed by atoms with van der Waals surface area (Å²) in [6.07, 6.45) is 7.18. The van der Waals surface area contributed by atoms with Crippen LogP contribution in [0.2, 0.25) is 5.15 Å². The van der Waals surface area contributed by atoms with Crippen LogP contribution in [0.3, 0.4) is 0 Å². The number of carbonyl (C=O) groups is 2. The molecule has 1 aliphatic heterocycles. The van der Waals surface area contributed by atoms with E-state index in [4.69, 9.17) is 11.6 Å². The van der Waals surface area contributed by atoms with Crippen molar-refractivity contribution in [1.82, 2.24) is 14.5 Å². The fraction of sp³-hybridized carbons (Fsp3) is 0.385. The van der Waals surface area contributed by atoms with Crippen LogP contribution >= 0.6 is 11.6 Å². The van der Waals surface area contributed by atoms with E-state index in [-0.39, 0.29) is 13.2 Å². The molecule has 1 fully saturated rings. The van der Waals surface area contributed by atoms with E-state index < -0.39 is 11.8 Å². The molecule has 2 aromatic carbocycles. The maximum atomic E-state index is 12.9. The van der Waals surface area contributed by atoms with Crippen LogP contribution in [0.1, 0.15) is 64.8 Å². The van der Waals surface area contributed by atoms with Gasteiger partial charge < -0.3 is 9.67 Å². The zero-order valence-corrected chi connectivity index (χ0v) is 20.4. The second-order valence-electron chi connectivity index (χ2n) is 9.11. The van der Waals surface area contributed by atoms with Crippen molar-refractivity contribution in [3.05, 3.63) is 58.1 Å². The highest BCUT2D eigenvalue weighted by Gasteiger charge is 2.33. The number of aliphatic hydroxyl groups is 1. The average Bonchev–Trinajstić information content (AvgIpc) is 3.63. The lowest BCUT2D eigenvalue weighted by Crippen LogP contribution is -2.41. The van der Waals surface area contributed by atoms with E-state index in [2.05, 4.69) is 27.0 Å². The first kappa shape index (κ1) is 23.5. The van der Waals surface area contributed by atoms with Gasteiger partial charge in [-0.25, -0.2) is 4.98 Å². The molecule has 0 bridgehead atoms. The van der Waals surface area contributed by atoms with Gasteiger partial charge in [-0.05, 0) is 43.4 Å². The summed E-state index contributed by atoms with van der Waals surface area (Å²) in [5.41, 5.74) is 5.40. The quantitative estimate of drug-likeness (QED) is 0.246. The van der Waals surface area contributed by atoms with Gasteiger partial charge in [0.25, 0.3) is 11.8 Å². The molecule has 0 spiro atoms. The van der Waals surface area contributed by atoms with Crippen LogP contribution in [-0.2, 0) is 13.0 Å². The molecule has 0 atom stereocenters. The summed E-state index contributed by atoms with van der Waals surface area (Å²) < 4.78 is 2.19.